The van der Waals surface area contributed by atoms with Crippen molar-refractivity contribution in [2.75, 3.05) is 25.6 Å². The van der Waals surface area contributed by atoms with Crippen molar-refractivity contribution >= 4 is 44.6 Å². The van der Waals surface area contributed by atoms with E-state index in [9.17, 15) is 22.2 Å². The number of sulfone groups is 1. The minimum atomic E-state index is -3.42. The van der Waals surface area contributed by atoms with Gasteiger partial charge in [-0.3, -0.25) is 13.8 Å². The molecule has 2 heterocycles. The molecule has 2 aliphatic carbocycles. The Hall–Kier alpha value is -6.65. The van der Waals surface area contributed by atoms with E-state index in [4.69, 9.17) is 5.73 Å². The fourth-order valence-corrected chi connectivity index (χ4v) is 11.6. The lowest BCUT2D eigenvalue weighted by atomic mass is 9.95. The molecule has 406 valence electrons. The third kappa shape index (κ3) is 14.5. The number of nitrogens with one attached hydrogen (secondary N) is 2. The van der Waals surface area contributed by atoms with Crippen LogP contribution in [0.15, 0.2) is 168 Å². The van der Waals surface area contributed by atoms with Gasteiger partial charge in [-0.2, -0.15) is 10.2 Å². The lowest BCUT2D eigenvalue weighted by Gasteiger charge is -2.23. The summed E-state index contributed by atoms with van der Waals surface area (Å²) in [5.41, 5.74) is 17.9. The number of aromatic nitrogens is 4. The summed E-state index contributed by atoms with van der Waals surface area (Å²) in [7, 11) is -4.52. The molecule has 6 aromatic carbocycles. The molecule has 2 fully saturated rings. The fraction of sp³-hybridized carbons (Fsp3) is 0.302. The Bertz CT molecular complexity index is 3550. The number of hydrogen-bond acceptors (Lipinski definition) is 10. The molecule has 78 heavy (non-hydrogen) atoms. The van der Waals surface area contributed by atoms with Gasteiger partial charge in [-0.1, -0.05) is 116 Å². The molecule has 0 aliphatic heterocycles. The molecular weight excluding hydrogens is 1030 g/mol. The number of carbonyl (C=O) groups excluding carboxylic acids is 2. The Kier molecular flexibility index (Phi) is 19.1. The molecule has 2 aromatic heterocycles. The maximum Gasteiger partial charge on any atom is 0.185 e. The smallest absolute Gasteiger partial charge is 0.185 e. The van der Waals surface area contributed by atoms with Gasteiger partial charge >= 0.3 is 0 Å². The summed E-state index contributed by atoms with van der Waals surface area (Å²) in [5.74, 6) is 1.30. The first kappa shape index (κ1) is 57.5. The largest absolute Gasteiger partial charge is 0.326 e. The van der Waals surface area contributed by atoms with Crippen LogP contribution in [0, 0.1) is 25.7 Å². The molecule has 0 radical (unpaired) electrons. The van der Waals surface area contributed by atoms with E-state index in [2.05, 4.69) is 58.1 Å². The van der Waals surface area contributed by atoms with E-state index >= 15 is 0 Å². The highest BCUT2D eigenvalue weighted by Crippen LogP contribution is 2.34. The number of benzene rings is 6. The van der Waals surface area contributed by atoms with E-state index in [1.54, 1.807) is 27.8 Å². The van der Waals surface area contributed by atoms with Gasteiger partial charge in [-0.05, 0) is 164 Å². The Morgan fingerprint density at radius 1 is 0.615 bits per heavy atom. The second-order valence-corrected chi connectivity index (χ2v) is 24.0. The number of Topliss-reactive ketones (excluding diaryl/α,β-unsaturated/α-hetero) is 2. The number of nitrogens with zero attached hydrogens (tertiary/aromatic N) is 4. The molecule has 2 aliphatic rings. The van der Waals surface area contributed by atoms with Crippen LogP contribution >= 0.6 is 12.4 Å². The van der Waals surface area contributed by atoms with Crippen molar-refractivity contribution in [2.45, 2.75) is 94.1 Å². The highest BCUT2D eigenvalue weighted by molar-refractivity contribution is 7.90. The summed E-state index contributed by atoms with van der Waals surface area (Å²) in [4.78, 5) is 28.3. The molecule has 4 N–H and O–H groups in total. The summed E-state index contributed by atoms with van der Waals surface area (Å²) in [5, 5.41) is 16.5. The zero-order valence-corrected chi connectivity index (χ0v) is 47.5. The van der Waals surface area contributed by atoms with Gasteiger partial charge in [0.1, 0.15) is 11.4 Å². The molecule has 0 amide bonds. The zero-order valence-electron chi connectivity index (χ0n) is 45.0. The van der Waals surface area contributed by atoms with E-state index in [1.807, 2.05) is 129 Å². The van der Waals surface area contributed by atoms with Crippen molar-refractivity contribution in [3.05, 3.63) is 225 Å². The van der Waals surface area contributed by atoms with Gasteiger partial charge in [0.25, 0.3) is 0 Å². The van der Waals surface area contributed by atoms with E-state index in [0.29, 0.717) is 34.7 Å². The van der Waals surface area contributed by atoms with Crippen molar-refractivity contribution in [3.63, 3.8) is 0 Å². The van der Waals surface area contributed by atoms with Gasteiger partial charge in [0.15, 0.2) is 21.4 Å². The quantitative estimate of drug-likeness (QED) is 0.0555. The molecule has 0 bridgehead atoms. The van der Waals surface area contributed by atoms with Crippen molar-refractivity contribution in [2.24, 2.45) is 17.6 Å². The Morgan fingerprint density at radius 3 is 1.55 bits per heavy atom. The van der Waals surface area contributed by atoms with Crippen LogP contribution in [0.4, 0.5) is 0 Å². The average molecular weight is 1100 g/mol. The van der Waals surface area contributed by atoms with Crippen LogP contribution in [0.1, 0.15) is 122 Å². The monoisotopic (exact) mass is 1100 g/mol. The van der Waals surface area contributed by atoms with Gasteiger partial charge in [-0.15, -0.1) is 12.4 Å². The number of hydrogen-bond donors (Lipinski definition) is 3. The summed E-state index contributed by atoms with van der Waals surface area (Å²) < 4.78 is 41.2. The second-order valence-electron chi connectivity index (χ2n) is 20.6. The molecule has 10 rings (SSSR count). The standard InChI is InChI=1S/C32H35N3O2S.C31H34N4O3S.ClH/c1-4-23-9-8-12-27(19-23)35-29(17-22(2)34-35)30(36)20-25-10-7-11-26(18-25)32(33-21-24-15-16-24)28-13-5-6-14-31(28)38(3)37;1-21-15-28(35(34-21)26-10-6-8-24(17-26)19-32)29(36)18-23-7-5-9-25(16-23)31(33-20-22-13-14-22)27-11-3-4-12-30(27)39(2,37)38;/h5-14,17-19,24,32-33H,4,15-16,20-21H2,1-3H3;3-12,15-17,22,31,33H,13-14,18-20,32H2,1-2H3;1H. The molecule has 2 saturated carbocycles. The van der Waals surface area contributed by atoms with Gasteiger partial charge in [0, 0.05) is 36.8 Å². The third-order valence-corrected chi connectivity index (χ3v) is 16.4. The molecule has 15 heteroatoms. The molecule has 0 spiro atoms. The Balaban J connectivity index is 0.000000203. The normalized spacial score (nSPS) is 14.4. The van der Waals surface area contributed by atoms with Crippen LogP contribution in [-0.4, -0.2) is 69.4 Å². The van der Waals surface area contributed by atoms with E-state index in [-0.39, 0.29) is 48.9 Å². The lowest BCUT2D eigenvalue weighted by molar-refractivity contribution is 0.0977. The molecule has 3 unspecified atom stereocenters. The van der Waals surface area contributed by atoms with E-state index in [1.165, 1.54) is 37.5 Å². The predicted molar refractivity (Wildman–Crippen MR) is 314 cm³/mol. The summed E-state index contributed by atoms with van der Waals surface area (Å²) in [6.45, 7) is 8.05. The van der Waals surface area contributed by atoms with Crippen molar-refractivity contribution in [1.82, 2.24) is 30.2 Å². The Labute approximate surface area is 468 Å². The molecule has 12 nitrogen and oxygen atoms in total. The highest BCUT2D eigenvalue weighted by Gasteiger charge is 2.28. The average Bonchev–Trinajstić information content (AvgIpc) is 4.38. The number of nitrogens with two attached hydrogens (primary N) is 1. The van der Waals surface area contributed by atoms with Gasteiger partial charge in [0.05, 0.1) is 50.5 Å². The van der Waals surface area contributed by atoms with Crippen LogP contribution in [0.2, 0.25) is 0 Å². The summed E-state index contributed by atoms with van der Waals surface area (Å²) >= 11 is 0. The number of aryl methyl sites for hydroxylation is 3. The van der Waals surface area contributed by atoms with Crippen molar-refractivity contribution in [1.29, 1.82) is 0 Å². The third-order valence-electron chi connectivity index (χ3n) is 14.3. The molecule has 8 aromatic rings. The first-order valence-corrected chi connectivity index (χ1v) is 30.0. The number of ketones is 2. The Morgan fingerprint density at radius 2 is 1.06 bits per heavy atom. The number of halogens is 1. The van der Waals surface area contributed by atoms with Crippen molar-refractivity contribution < 1.29 is 22.2 Å². The molecule has 3 atom stereocenters. The minimum absolute atomic E-state index is 0. The number of carbonyl (C=O) groups is 2. The van der Waals surface area contributed by atoms with Crippen LogP contribution in [-0.2, 0) is 46.4 Å². The summed E-state index contributed by atoms with van der Waals surface area (Å²) in [6.07, 6.45) is 9.25. The van der Waals surface area contributed by atoms with E-state index in [0.717, 1.165) is 86.1 Å². The summed E-state index contributed by atoms with van der Waals surface area (Å²) in [6, 6.07) is 50.4. The van der Waals surface area contributed by atoms with Gasteiger partial charge in [0.2, 0.25) is 0 Å². The van der Waals surface area contributed by atoms with Crippen molar-refractivity contribution in [3.8, 4) is 11.4 Å². The first-order valence-electron chi connectivity index (χ1n) is 26.6. The SMILES string of the molecule is CCc1cccc(-n2nc(C)cc2C(=O)Cc2cccc(C(NCC3CC3)c3ccccc3S(C)=O)c2)c1.Cc1cc(C(=O)Cc2cccc(C(NCC3CC3)c3ccccc3S(C)(=O)=O)c2)n(-c2cccc(CN)c2)n1.Cl. The highest BCUT2D eigenvalue weighted by atomic mass is 35.5. The predicted octanol–water partition coefficient (Wildman–Crippen LogP) is 11.0. The van der Waals surface area contributed by atoms with Gasteiger partial charge < -0.3 is 16.4 Å². The molecule has 0 saturated heterocycles. The first-order chi connectivity index (χ1) is 37.1. The lowest BCUT2D eigenvalue weighted by Crippen LogP contribution is -2.26. The fourth-order valence-electron chi connectivity index (χ4n) is 9.90. The van der Waals surface area contributed by atoms with Crippen LogP contribution < -0.4 is 16.4 Å². The maximum atomic E-state index is 13.6. The second kappa shape index (κ2) is 25.9. The zero-order chi connectivity index (χ0) is 54.2. The van der Waals surface area contributed by atoms with Crippen LogP contribution in [0.3, 0.4) is 0 Å². The topological polar surface area (TPSA) is 171 Å². The maximum absolute atomic E-state index is 13.6. The van der Waals surface area contributed by atoms with Crippen LogP contribution in [0.5, 0.6) is 0 Å². The molecular formula is C63H70ClN7O5S2. The van der Waals surface area contributed by atoms with E-state index < -0.39 is 20.6 Å². The minimum Gasteiger partial charge on any atom is -0.326 e. The number of rotatable bonds is 22. The van der Waals surface area contributed by atoms with Gasteiger partial charge in [-0.25, -0.2) is 17.8 Å². The van der Waals surface area contributed by atoms with Crippen LogP contribution in [0.25, 0.3) is 11.4 Å².